The lowest BCUT2D eigenvalue weighted by atomic mass is 10.2. The summed E-state index contributed by atoms with van der Waals surface area (Å²) in [7, 11) is 0. The molecule has 2 aromatic heterocycles. The Balaban J connectivity index is 2.37. The Kier molecular flexibility index (Phi) is 2.06. The van der Waals surface area contributed by atoms with Crippen LogP contribution in [0.25, 0.3) is 5.65 Å². The van der Waals surface area contributed by atoms with Crippen LogP contribution in [-0.2, 0) is 19.3 Å². The number of pyridine rings is 1. The molecular formula is C13H14N2O. The molecule has 1 aliphatic rings. The van der Waals surface area contributed by atoms with Crippen molar-refractivity contribution in [1.82, 2.24) is 9.38 Å². The van der Waals surface area contributed by atoms with Crippen LogP contribution in [0, 0.1) is 0 Å². The fraction of sp³-hybridized carbons (Fsp3) is 0.385. The minimum absolute atomic E-state index is 0.125. The number of hydrogen-bond acceptors (Lipinski definition) is 2. The Morgan fingerprint density at radius 1 is 1.44 bits per heavy atom. The SMILES string of the molecule is CCc1ccn2c(=O)c3c(nc2c1)CCC3. The summed E-state index contributed by atoms with van der Waals surface area (Å²) in [4.78, 5) is 16.7. The van der Waals surface area contributed by atoms with Crippen LogP contribution in [0.1, 0.15) is 30.2 Å². The van der Waals surface area contributed by atoms with Crippen molar-refractivity contribution < 1.29 is 0 Å². The van der Waals surface area contributed by atoms with Crippen LogP contribution in [0.15, 0.2) is 23.1 Å². The molecule has 0 saturated carbocycles. The molecule has 0 fully saturated rings. The van der Waals surface area contributed by atoms with Gasteiger partial charge in [-0.2, -0.15) is 0 Å². The molecule has 0 aliphatic heterocycles. The van der Waals surface area contributed by atoms with Crippen molar-refractivity contribution in [3.05, 3.63) is 45.5 Å². The molecule has 0 saturated heterocycles. The standard InChI is InChI=1S/C13H14N2O/c1-2-9-6-7-15-12(8-9)14-11-5-3-4-10(11)13(15)16/h6-8H,2-5H2,1H3. The third-order valence-corrected chi connectivity index (χ3v) is 3.32. The van der Waals surface area contributed by atoms with Gasteiger partial charge in [0.2, 0.25) is 0 Å². The minimum atomic E-state index is 0.125. The second kappa shape index (κ2) is 3.44. The number of aromatic nitrogens is 2. The molecule has 82 valence electrons. The van der Waals surface area contributed by atoms with E-state index in [-0.39, 0.29) is 5.56 Å². The third kappa shape index (κ3) is 1.28. The topological polar surface area (TPSA) is 34.4 Å². The van der Waals surface area contributed by atoms with E-state index in [0.717, 1.165) is 42.6 Å². The minimum Gasteiger partial charge on any atom is -0.269 e. The zero-order chi connectivity index (χ0) is 11.1. The lowest BCUT2D eigenvalue weighted by molar-refractivity contribution is 0.899. The summed E-state index contributed by atoms with van der Waals surface area (Å²) in [5.41, 5.74) is 4.08. The second-order valence-electron chi connectivity index (χ2n) is 4.31. The number of nitrogens with zero attached hydrogens (tertiary/aromatic N) is 2. The van der Waals surface area contributed by atoms with Crippen molar-refractivity contribution in [2.75, 3.05) is 0 Å². The zero-order valence-corrected chi connectivity index (χ0v) is 9.36. The van der Waals surface area contributed by atoms with Gasteiger partial charge >= 0.3 is 0 Å². The Bertz CT molecular complexity index is 613. The Morgan fingerprint density at radius 2 is 2.31 bits per heavy atom. The Morgan fingerprint density at radius 3 is 3.12 bits per heavy atom. The summed E-state index contributed by atoms with van der Waals surface area (Å²) in [6, 6.07) is 4.01. The van der Waals surface area contributed by atoms with Gasteiger partial charge in [0.15, 0.2) is 0 Å². The van der Waals surface area contributed by atoms with Crippen LogP contribution in [0.2, 0.25) is 0 Å². The molecular weight excluding hydrogens is 200 g/mol. The summed E-state index contributed by atoms with van der Waals surface area (Å²) in [5, 5.41) is 0. The quantitative estimate of drug-likeness (QED) is 0.724. The Labute approximate surface area is 93.8 Å². The van der Waals surface area contributed by atoms with Crippen LogP contribution in [0.5, 0.6) is 0 Å². The van der Waals surface area contributed by atoms with Gasteiger partial charge in [-0.3, -0.25) is 9.20 Å². The van der Waals surface area contributed by atoms with E-state index in [2.05, 4.69) is 11.9 Å². The smallest absolute Gasteiger partial charge is 0.261 e. The van der Waals surface area contributed by atoms with E-state index >= 15 is 0 Å². The largest absolute Gasteiger partial charge is 0.269 e. The van der Waals surface area contributed by atoms with Crippen molar-refractivity contribution in [3.63, 3.8) is 0 Å². The molecule has 2 aromatic rings. The maximum atomic E-state index is 12.1. The average molecular weight is 214 g/mol. The molecule has 3 heteroatoms. The van der Waals surface area contributed by atoms with E-state index in [1.54, 1.807) is 4.40 Å². The van der Waals surface area contributed by atoms with Gasteiger partial charge in [-0.1, -0.05) is 6.92 Å². The number of fused-ring (bicyclic) bond motifs is 2. The van der Waals surface area contributed by atoms with E-state index < -0.39 is 0 Å². The van der Waals surface area contributed by atoms with E-state index in [0.29, 0.717) is 0 Å². The van der Waals surface area contributed by atoms with Gasteiger partial charge in [-0.25, -0.2) is 4.98 Å². The lowest BCUT2D eigenvalue weighted by Gasteiger charge is -2.05. The first-order chi connectivity index (χ1) is 7.79. The van der Waals surface area contributed by atoms with E-state index in [4.69, 9.17) is 0 Å². The molecule has 0 N–H and O–H groups in total. The number of hydrogen-bond donors (Lipinski definition) is 0. The van der Waals surface area contributed by atoms with E-state index in [9.17, 15) is 4.79 Å². The summed E-state index contributed by atoms with van der Waals surface area (Å²) in [6.07, 6.45) is 5.73. The van der Waals surface area contributed by atoms with Gasteiger partial charge < -0.3 is 0 Å². The van der Waals surface area contributed by atoms with Crippen LogP contribution in [-0.4, -0.2) is 9.38 Å². The highest BCUT2D eigenvalue weighted by Crippen LogP contribution is 2.17. The predicted molar refractivity (Wildman–Crippen MR) is 62.9 cm³/mol. The second-order valence-corrected chi connectivity index (χ2v) is 4.31. The molecule has 2 heterocycles. The number of rotatable bonds is 1. The molecule has 0 amide bonds. The fourth-order valence-corrected chi connectivity index (χ4v) is 2.37. The van der Waals surface area contributed by atoms with E-state index in [1.807, 2.05) is 18.3 Å². The molecule has 0 unspecified atom stereocenters. The van der Waals surface area contributed by atoms with Crippen molar-refractivity contribution in [3.8, 4) is 0 Å². The van der Waals surface area contributed by atoms with Crippen molar-refractivity contribution in [2.45, 2.75) is 32.6 Å². The van der Waals surface area contributed by atoms with Gasteiger partial charge in [0.1, 0.15) is 5.65 Å². The molecule has 16 heavy (non-hydrogen) atoms. The molecule has 0 spiro atoms. The molecule has 0 bridgehead atoms. The van der Waals surface area contributed by atoms with E-state index in [1.165, 1.54) is 5.56 Å². The fourth-order valence-electron chi connectivity index (χ4n) is 2.37. The van der Waals surface area contributed by atoms with Gasteiger partial charge in [-0.15, -0.1) is 0 Å². The highest BCUT2D eigenvalue weighted by molar-refractivity contribution is 5.44. The average Bonchev–Trinajstić information content (AvgIpc) is 2.77. The van der Waals surface area contributed by atoms with Gasteiger partial charge in [-0.05, 0) is 43.4 Å². The highest BCUT2D eigenvalue weighted by Gasteiger charge is 2.17. The summed E-state index contributed by atoms with van der Waals surface area (Å²) in [6.45, 7) is 2.11. The summed E-state index contributed by atoms with van der Waals surface area (Å²) >= 11 is 0. The highest BCUT2D eigenvalue weighted by atomic mass is 16.1. The maximum absolute atomic E-state index is 12.1. The molecule has 0 atom stereocenters. The summed E-state index contributed by atoms with van der Waals surface area (Å²) < 4.78 is 1.67. The Hall–Kier alpha value is -1.64. The van der Waals surface area contributed by atoms with Crippen molar-refractivity contribution in [1.29, 1.82) is 0 Å². The lowest BCUT2D eigenvalue weighted by Crippen LogP contribution is -2.19. The predicted octanol–water partition coefficient (Wildman–Crippen LogP) is 1.75. The third-order valence-electron chi connectivity index (χ3n) is 3.32. The van der Waals surface area contributed by atoms with Crippen LogP contribution in [0.4, 0.5) is 0 Å². The molecule has 0 radical (unpaired) electrons. The van der Waals surface area contributed by atoms with Crippen molar-refractivity contribution in [2.24, 2.45) is 0 Å². The zero-order valence-electron chi connectivity index (χ0n) is 9.36. The first-order valence-electron chi connectivity index (χ1n) is 5.82. The van der Waals surface area contributed by atoms with Gasteiger partial charge in [0, 0.05) is 11.8 Å². The monoisotopic (exact) mass is 214 g/mol. The normalized spacial score (nSPS) is 14.3. The molecule has 1 aliphatic carbocycles. The van der Waals surface area contributed by atoms with Gasteiger partial charge in [0.25, 0.3) is 5.56 Å². The van der Waals surface area contributed by atoms with Crippen LogP contribution in [0.3, 0.4) is 0 Å². The molecule has 3 nitrogen and oxygen atoms in total. The number of aryl methyl sites for hydroxylation is 2. The van der Waals surface area contributed by atoms with Crippen LogP contribution < -0.4 is 5.56 Å². The van der Waals surface area contributed by atoms with Crippen molar-refractivity contribution >= 4 is 5.65 Å². The molecule has 3 rings (SSSR count). The van der Waals surface area contributed by atoms with Gasteiger partial charge in [0.05, 0.1) is 5.69 Å². The van der Waals surface area contributed by atoms with Crippen LogP contribution >= 0.6 is 0 Å². The summed E-state index contributed by atoms with van der Waals surface area (Å²) in [5.74, 6) is 0. The first kappa shape index (κ1) is 9.58. The molecule has 0 aromatic carbocycles. The maximum Gasteiger partial charge on any atom is 0.261 e. The first-order valence-corrected chi connectivity index (χ1v) is 5.82.